The maximum Gasteiger partial charge on any atom is 0.255 e. The SMILES string of the molecule is CCn1c(CNC(=O)c2ccccc2OC)nnc1SCC(=O)Nc1ccc(NC(C)=O)c(OC)c1. The van der Waals surface area contributed by atoms with Gasteiger partial charge in [-0.2, -0.15) is 0 Å². The monoisotopic (exact) mass is 512 g/mol. The van der Waals surface area contributed by atoms with Crippen molar-refractivity contribution in [2.24, 2.45) is 0 Å². The molecule has 0 fully saturated rings. The molecule has 0 aliphatic carbocycles. The van der Waals surface area contributed by atoms with Crippen LogP contribution in [0.5, 0.6) is 11.5 Å². The highest BCUT2D eigenvalue weighted by molar-refractivity contribution is 7.99. The normalized spacial score (nSPS) is 10.4. The van der Waals surface area contributed by atoms with Crippen molar-refractivity contribution in [3.8, 4) is 11.5 Å². The molecule has 0 saturated heterocycles. The summed E-state index contributed by atoms with van der Waals surface area (Å²) in [6, 6.07) is 11.9. The Labute approximate surface area is 213 Å². The lowest BCUT2D eigenvalue weighted by molar-refractivity contribution is -0.114. The molecule has 0 aliphatic rings. The average molecular weight is 513 g/mol. The van der Waals surface area contributed by atoms with E-state index in [0.29, 0.717) is 46.0 Å². The van der Waals surface area contributed by atoms with Gasteiger partial charge < -0.3 is 30.0 Å². The van der Waals surface area contributed by atoms with Gasteiger partial charge in [-0.15, -0.1) is 10.2 Å². The van der Waals surface area contributed by atoms with E-state index in [1.807, 2.05) is 11.5 Å². The van der Waals surface area contributed by atoms with Crippen molar-refractivity contribution < 1.29 is 23.9 Å². The van der Waals surface area contributed by atoms with Crippen LogP contribution in [0.1, 0.15) is 30.0 Å². The molecule has 190 valence electrons. The Hall–Kier alpha value is -4.06. The number of hydrogen-bond acceptors (Lipinski definition) is 8. The Bertz CT molecular complexity index is 1250. The van der Waals surface area contributed by atoms with Gasteiger partial charge in [0.05, 0.1) is 37.8 Å². The minimum Gasteiger partial charge on any atom is -0.496 e. The van der Waals surface area contributed by atoms with Gasteiger partial charge in [-0.25, -0.2) is 0 Å². The molecule has 2 aromatic carbocycles. The molecule has 12 heteroatoms. The summed E-state index contributed by atoms with van der Waals surface area (Å²) in [6.07, 6.45) is 0. The zero-order valence-corrected chi connectivity index (χ0v) is 21.3. The van der Waals surface area contributed by atoms with Crippen LogP contribution in [0, 0.1) is 0 Å². The summed E-state index contributed by atoms with van der Waals surface area (Å²) in [5.41, 5.74) is 1.47. The van der Waals surface area contributed by atoms with Gasteiger partial charge in [-0.3, -0.25) is 14.4 Å². The van der Waals surface area contributed by atoms with E-state index >= 15 is 0 Å². The largest absolute Gasteiger partial charge is 0.496 e. The average Bonchev–Trinajstić information content (AvgIpc) is 3.28. The molecule has 1 aromatic heterocycles. The van der Waals surface area contributed by atoms with Crippen molar-refractivity contribution >= 4 is 40.9 Å². The molecule has 3 amide bonds. The third-order valence-electron chi connectivity index (χ3n) is 5.00. The number of thioether (sulfide) groups is 1. The first-order valence-electron chi connectivity index (χ1n) is 11.1. The van der Waals surface area contributed by atoms with Crippen molar-refractivity contribution in [2.75, 3.05) is 30.6 Å². The number of anilines is 2. The number of para-hydroxylation sites is 1. The molecule has 0 saturated carbocycles. The van der Waals surface area contributed by atoms with Gasteiger partial charge in [0.1, 0.15) is 11.5 Å². The Balaban J connectivity index is 1.59. The predicted molar refractivity (Wildman–Crippen MR) is 137 cm³/mol. The summed E-state index contributed by atoms with van der Waals surface area (Å²) in [7, 11) is 2.99. The van der Waals surface area contributed by atoms with E-state index in [0.717, 1.165) is 0 Å². The summed E-state index contributed by atoms with van der Waals surface area (Å²) in [5.74, 6) is 0.833. The number of benzene rings is 2. The number of nitrogens with one attached hydrogen (secondary N) is 3. The number of ether oxygens (including phenoxy) is 2. The Morgan fingerprint density at radius 3 is 2.44 bits per heavy atom. The Morgan fingerprint density at radius 2 is 1.75 bits per heavy atom. The van der Waals surface area contributed by atoms with Gasteiger partial charge in [0.25, 0.3) is 5.91 Å². The Morgan fingerprint density at radius 1 is 1.00 bits per heavy atom. The number of aromatic nitrogens is 3. The first-order chi connectivity index (χ1) is 17.4. The molecular formula is C24H28N6O5S. The summed E-state index contributed by atoms with van der Waals surface area (Å²) in [4.78, 5) is 36.4. The van der Waals surface area contributed by atoms with Crippen LogP contribution < -0.4 is 25.4 Å². The molecule has 0 atom stereocenters. The second-order valence-electron chi connectivity index (χ2n) is 7.46. The number of nitrogens with zero attached hydrogens (tertiary/aromatic N) is 3. The lowest BCUT2D eigenvalue weighted by atomic mass is 10.2. The zero-order valence-electron chi connectivity index (χ0n) is 20.5. The van der Waals surface area contributed by atoms with E-state index in [4.69, 9.17) is 9.47 Å². The van der Waals surface area contributed by atoms with Crippen LogP contribution in [0.3, 0.4) is 0 Å². The predicted octanol–water partition coefficient (Wildman–Crippen LogP) is 2.93. The first kappa shape index (κ1) is 26.5. The molecule has 3 rings (SSSR count). The molecule has 0 spiro atoms. The molecule has 0 bridgehead atoms. The van der Waals surface area contributed by atoms with Gasteiger partial charge >= 0.3 is 0 Å². The fourth-order valence-electron chi connectivity index (χ4n) is 3.35. The standard InChI is InChI=1S/C24H28N6O5S/c1-5-30-21(13-25-23(33)17-8-6-7-9-19(17)34-3)28-29-24(30)36-14-22(32)27-16-10-11-18(26-15(2)31)20(12-16)35-4/h6-12H,5,13-14H2,1-4H3,(H,25,33)(H,26,31)(H,27,32). The van der Waals surface area contributed by atoms with Crippen LogP contribution >= 0.6 is 11.8 Å². The third-order valence-corrected chi connectivity index (χ3v) is 5.96. The fourth-order valence-corrected chi connectivity index (χ4v) is 4.17. The van der Waals surface area contributed by atoms with Gasteiger partial charge in [0.15, 0.2) is 11.0 Å². The molecule has 0 aliphatic heterocycles. The molecular weight excluding hydrogens is 484 g/mol. The molecule has 0 radical (unpaired) electrons. The quantitative estimate of drug-likeness (QED) is 0.334. The highest BCUT2D eigenvalue weighted by Gasteiger charge is 2.16. The van der Waals surface area contributed by atoms with E-state index in [9.17, 15) is 14.4 Å². The van der Waals surface area contributed by atoms with Crippen LogP contribution in [0.15, 0.2) is 47.6 Å². The highest BCUT2D eigenvalue weighted by Crippen LogP contribution is 2.28. The van der Waals surface area contributed by atoms with E-state index < -0.39 is 0 Å². The summed E-state index contributed by atoms with van der Waals surface area (Å²) in [6.45, 7) is 4.08. The number of rotatable bonds is 11. The van der Waals surface area contributed by atoms with Crippen molar-refractivity contribution in [2.45, 2.75) is 32.1 Å². The number of carbonyl (C=O) groups excluding carboxylic acids is 3. The molecule has 0 unspecified atom stereocenters. The molecule has 36 heavy (non-hydrogen) atoms. The third kappa shape index (κ3) is 6.75. The first-order valence-corrected chi connectivity index (χ1v) is 12.1. The summed E-state index contributed by atoms with van der Waals surface area (Å²) >= 11 is 1.23. The lowest BCUT2D eigenvalue weighted by Crippen LogP contribution is -2.25. The van der Waals surface area contributed by atoms with Crippen molar-refractivity contribution in [3.63, 3.8) is 0 Å². The zero-order chi connectivity index (χ0) is 26.1. The molecule has 3 N–H and O–H groups in total. The van der Waals surface area contributed by atoms with Crippen molar-refractivity contribution in [1.29, 1.82) is 0 Å². The maximum absolute atomic E-state index is 12.6. The number of hydrogen-bond donors (Lipinski definition) is 3. The van der Waals surface area contributed by atoms with E-state index in [1.165, 1.54) is 32.9 Å². The maximum atomic E-state index is 12.6. The Kier molecular flexibility index (Phi) is 9.28. The van der Waals surface area contributed by atoms with Crippen molar-refractivity contribution in [1.82, 2.24) is 20.1 Å². The van der Waals surface area contributed by atoms with E-state index in [2.05, 4.69) is 26.1 Å². The summed E-state index contributed by atoms with van der Waals surface area (Å²) in [5, 5.41) is 17.2. The lowest BCUT2D eigenvalue weighted by Gasteiger charge is -2.12. The van der Waals surface area contributed by atoms with Gasteiger partial charge in [-0.1, -0.05) is 23.9 Å². The van der Waals surface area contributed by atoms with Crippen LogP contribution in [0.25, 0.3) is 0 Å². The van der Waals surface area contributed by atoms with Crippen molar-refractivity contribution in [3.05, 3.63) is 53.9 Å². The van der Waals surface area contributed by atoms with Gasteiger partial charge in [-0.05, 0) is 31.2 Å². The second kappa shape index (κ2) is 12.6. The van der Waals surface area contributed by atoms with E-state index in [1.54, 1.807) is 42.5 Å². The van der Waals surface area contributed by atoms with Gasteiger partial charge in [0, 0.05) is 25.2 Å². The van der Waals surface area contributed by atoms with Crippen LogP contribution in [-0.4, -0.2) is 52.5 Å². The minimum absolute atomic E-state index is 0.0987. The minimum atomic E-state index is -0.286. The second-order valence-corrected chi connectivity index (χ2v) is 8.40. The number of amides is 3. The molecule has 3 aromatic rings. The fraction of sp³-hybridized carbons (Fsp3) is 0.292. The highest BCUT2D eigenvalue weighted by atomic mass is 32.2. The number of methoxy groups -OCH3 is 2. The number of carbonyl (C=O) groups is 3. The van der Waals surface area contributed by atoms with Crippen LogP contribution in [0.4, 0.5) is 11.4 Å². The van der Waals surface area contributed by atoms with E-state index in [-0.39, 0.29) is 30.0 Å². The van der Waals surface area contributed by atoms with Crippen LogP contribution in [-0.2, 0) is 22.7 Å². The smallest absolute Gasteiger partial charge is 0.255 e. The van der Waals surface area contributed by atoms with Gasteiger partial charge in [0.2, 0.25) is 11.8 Å². The molecule has 11 nitrogen and oxygen atoms in total. The molecule has 1 heterocycles. The summed E-state index contributed by atoms with van der Waals surface area (Å²) < 4.78 is 12.4. The topological polar surface area (TPSA) is 136 Å². The van der Waals surface area contributed by atoms with Crippen LogP contribution in [0.2, 0.25) is 0 Å².